The van der Waals surface area contributed by atoms with Gasteiger partial charge in [-0.15, -0.1) is 0 Å². The van der Waals surface area contributed by atoms with E-state index in [9.17, 15) is 63.0 Å². The number of ketones is 3. The summed E-state index contributed by atoms with van der Waals surface area (Å²) in [5.41, 5.74) is 29.2. The lowest BCUT2D eigenvalue weighted by Crippen LogP contribution is -2.60. The van der Waals surface area contributed by atoms with Crippen molar-refractivity contribution >= 4 is 64.6 Å². The van der Waals surface area contributed by atoms with Gasteiger partial charge in [0.25, 0.3) is 0 Å². The van der Waals surface area contributed by atoms with Crippen LogP contribution in [0.5, 0.6) is 0 Å². The molecule has 1 aliphatic rings. The Morgan fingerprint density at radius 1 is 0.608 bits per heavy atom. The molecule has 8 amide bonds. The van der Waals surface area contributed by atoms with Gasteiger partial charge in [0.05, 0.1) is 18.8 Å². The topological polar surface area (TPSA) is 455 Å². The van der Waals surface area contributed by atoms with Gasteiger partial charge in [-0.3, -0.25) is 52.7 Å². The Kier molecular flexibility index (Phi) is 36.0. The minimum atomic E-state index is -1.65. The molecule has 0 aromatic rings. The SMILES string of the molecule is CCCCCCCC(=O)C[C@@H](CCN)C(=O)N[C@@H](CO)C(=O)C[C@@H](CCN)C(=O)N[C@H]1CCNC(=O)[C@H]([C@@H](C)O)NC(=O)[C@H](CCN)NC(=O)[C@H](CCN)NC(=O)[C@H](CCC)NC(=O)[C@@H](CC(C)C)CC(=O)[C@H](CCN)NC1=O. The maximum absolute atomic E-state index is 14.4. The van der Waals surface area contributed by atoms with Crippen LogP contribution in [0.3, 0.4) is 0 Å². The van der Waals surface area contributed by atoms with Gasteiger partial charge >= 0.3 is 0 Å². The van der Waals surface area contributed by atoms with Crippen LogP contribution >= 0.6 is 0 Å². The van der Waals surface area contributed by atoms with E-state index in [-0.39, 0.29) is 102 Å². The van der Waals surface area contributed by atoms with Crippen molar-refractivity contribution < 1.29 is 63.0 Å². The Hall–Kier alpha value is -5.51. The Morgan fingerprint density at radius 3 is 1.65 bits per heavy atom. The van der Waals surface area contributed by atoms with Crippen molar-refractivity contribution in [3.05, 3.63) is 0 Å². The third kappa shape index (κ3) is 27.0. The molecule has 79 heavy (non-hydrogen) atoms. The first-order valence-electron chi connectivity index (χ1n) is 28.3. The molecule has 1 aliphatic heterocycles. The summed E-state index contributed by atoms with van der Waals surface area (Å²) in [4.78, 5) is 152. The molecule has 0 aromatic heterocycles. The predicted octanol–water partition coefficient (Wildman–Crippen LogP) is -3.05. The number of nitrogens with two attached hydrogens (primary N) is 5. The maximum Gasteiger partial charge on any atom is 0.245 e. The van der Waals surface area contributed by atoms with E-state index in [2.05, 4.69) is 49.5 Å². The van der Waals surface area contributed by atoms with Crippen molar-refractivity contribution in [2.45, 2.75) is 199 Å². The molecular weight excluding hydrogens is 1030 g/mol. The molecule has 1 heterocycles. The Balaban J connectivity index is 3.76. The zero-order valence-electron chi connectivity index (χ0n) is 47.4. The van der Waals surface area contributed by atoms with Gasteiger partial charge in [-0.25, -0.2) is 0 Å². The van der Waals surface area contributed by atoms with Gasteiger partial charge in [-0.2, -0.15) is 0 Å². The minimum Gasteiger partial charge on any atom is -0.394 e. The van der Waals surface area contributed by atoms with E-state index >= 15 is 0 Å². The van der Waals surface area contributed by atoms with E-state index in [4.69, 9.17) is 28.7 Å². The molecule has 0 radical (unpaired) electrons. The normalized spacial score (nSPS) is 23.2. The number of carbonyl (C=O) groups excluding carboxylic acids is 11. The second kappa shape index (κ2) is 39.8. The summed E-state index contributed by atoms with van der Waals surface area (Å²) in [6, 6.07) is -9.91. The summed E-state index contributed by atoms with van der Waals surface area (Å²) in [6.45, 7) is 7.06. The molecule has 20 N–H and O–H groups in total. The third-order valence-electron chi connectivity index (χ3n) is 13.7. The van der Waals surface area contributed by atoms with E-state index in [1.54, 1.807) is 6.92 Å². The number of carbonyl (C=O) groups is 11. The van der Waals surface area contributed by atoms with E-state index in [1.165, 1.54) is 6.92 Å². The molecule has 26 heteroatoms. The molecule has 1 saturated heterocycles. The minimum absolute atomic E-state index is 0.0688. The molecule has 26 nitrogen and oxygen atoms in total. The molecule has 0 saturated carbocycles. The lowest BCUT2D eigenvalue weighted by Gasteiger charge is -2.27. The average molecular weight is 1120 g/mol. The number of Topliss-reactive ketones (excluding diaryl/α,β-unsaturated/α-hetero) is 3. The third-order valence-corrected chi connectivity index (χ3v) is 13.7. The van der Waals surface area contributed by atoms with Crippen LogP contribution in [-0.4, -0.2) is 169 Å². The van der Waals surface area contributed by atoms with Crippen molar-refractivity contribution in [2.75, 3.05) is 45.9 Å². The summed E-state index contributed by atoms with van der Waals surface area (Å²) in [5, 5.41) is 41.6. The molecule has 0 aromatic carbocycles. The molecule has 0 bridgehead atoms. The molecule has 452 valence electrons. The highest BCUT2D eigenvalue weighted by atomic mass is 16.3. The van der Waals surface area contributed by atoms with Crippen molar-refractivity contribution in [3.63, 3.8) is 0 Å². The van der Waals surface area contributed by atoms with Crippen molar-refractivity contribution in [3.8, 4) is 0 Å². The second-order valence-corrected chi connectivity index (χ2v) is 21.0. The summed E-state index contributed by atoms with van der Waals surface area (Å²) in [6.07, 6.45) is 2.19. The van der Waals surface area contributed by atoms with Crippen molar-refractivity contribution in [2.24, 2.45) is 52.3 Å². The van der Waals surface area contributed by atoms with E-state index in [0.29, 0.717) is 12.8 Å². The average Bonchev–Trinajstić information content (AvgIpc) is 3.39. The van der Waals surface area contributed by atoms with Gasteiger partial charge in [0.1, 0.15) is 42.0 Å². The van der Waals surface area contributed by atoms with Crippen molar-refractivity contribution in [1.82, 2.24) is 42.5 Å². The van der Waals surface area contributed by atoms with E-state index in [1.807, 2.05) is 13.8 Å². The van der Waals surface area contributed by atoms with E-state index < -0.39 is 157 Å². The second-order valence-electron chi connectivity index (χ2n) is 21.0. The molecule has 1 fully saturated rings. The molecule has 0 spiro atoms. The van der Waals surface area contributed by atoms with Gasteiger partial charge in [0.2, 0.25) is 47.3 Å². The van der Waals surface area contributed by atoms with Crippen LogP contribution in [0.25, 0.3) is 0 Å². The Labute approximate surface area is 465 Å². The first kappa shape index (κ1) is 71.5. The molecule has 0 unspecified atom stereocenters. The van der Waals surface area contributed by atoms with Gasteiger partial charge in [-0.05, 0) is 103 Å². The summed E-state index contributed by atoms with van der Waals surface area (Å²) < 4.78 is 0. The van der Waals surface area contributed by atoms with Gasteiger partial charge in [-0.1, -0.05) is 59.8 Å². The number of aliphatic hydroxyl groups excluding tert-OH is 2. The molecule has 11 atom stereocenters. The molecule has 1 rings (SSSR count). The lowest BCUT2D eigenvalue weighted by atomic mass is 9.88. The van der Waals surface area contributed by atoms with Crippen LogP contribution < -0.4 is 71.2 Å². The maximum atomic E-state index is 14.4. The van der Waals surface area contributed by atoms with Crippen LogP contribution in [-0.2, 0) is 52.7 Å². The first-order chi connectivity index (χ1) is 37.5. The van der Waals surface area contributed by atoms with Crippen LogP contribution in [0.1, 0.15) is 150 Å². The summed E-state index contributed by atoms with van der Waals surface area (Å²) in [5.74, 6) is -11.4. The standard InChI is InChI=1S/C53H97N13O13/c1-6-8-9-10-11-13-36(69)27-33(14-20-54)46(72)65-42(30-67)44(71)28-34(15-21-55)47(73)62-41-19-25-59-53(79)45(32(5)68)66-52(78)40(18-24-58)64-50(76)39(17-23-57)63-49(75)38(12-7-2)61-48(74)35(26-31(3)4)29-43(70)37(16-22-56)60-51(41)77/h31-35,37-42,45,67-68H,6-30,54-58H2,1-5H3,(H,59,79)(H,60,77)(H,61,74)(H,62,73)(H,63,75)(H,64,76)(H,65,72)(H,66,78)/t32-,33-,34-,35+,37+,38+,39+,40+,41+,42+,45+/m1/s1. The summed E-state index contributed by atoms with van der Waals surface area (Å²) >= 11 is 0. The highest BCUT2D eigenvalue weighted by Gasteiger charge is 2.37. The number of amides is 8. The predicted molar refractivity (Wildman–Crippen MR) is 295 cm³/mol. The zero-order valence-corrected chi connectivity index (χ0v) is 47.4. The number of nitrogens with one attached hydrogen (secondary N) is 8. The van der Waals surface area contributed by atoms with Crippen LogP contribution in [0.2, 0.25) is 0 Å². The van der Waals surface area contributed by atoms with Gasteiger partial charge in [0.15, 0.2) is 11.6 Å². The number of hydrogen-bond donors (Lipinski definition) is 15. The van der Waals surface area contributed by atoms with Crippen LogP contribution in [0, 0.1) is 23.7 Å². The lowest BCUT2D eigenvalue weighted by molar-refractivity contribution is -0.137. The van der Waals surface area contributed by atoms with E-state index in [0.717, 1.165) is 25.7 Å². The monoisotopic (exact) mass is 1120 g/mol. The number of rotatable bonds is 31. The largest absolute Gasteiger partial charge is 0.394 e. The fourth-order valence-corrected chi connectivity index (χ4v) is 9.18. The fourth-order valence-electron chi connectivity index (χ4n) is 9.18. The Morgan fingerprint density at radius 2 is 1.13 bits per heavy atom. The van der Waals surface area contributed by atoms with Crippen molar-refractivity contribution in [1.29, 1.82) is 0 Å². The van der Waals surface area contributed by atoms with Crippen LogP contribution in [0.4, 0.5) is 0 Å². The van der Waals surface area contributed by atoms with Gasteiger partial charge in [0, 0.05) is 50.0 Å². The number of unbranched alkanes of at least 4 members (excludes halogenated alkanes) is 4. The first-order valence-corrected chi connectivity index (χ1v) is 28.3. The number of hydrogen-bond acceptors (Lipinski definition) is 18. The molecular formula is C53H97N13O13. The number of aliphatic hydroxyl groups is 2. The summed E-state index contributed by atoms with van der Waals surface area (Å²) in [7, 11) is 0. The van der Waals surface area contributed by atoms with Crippen LogP contribution in [0.15, 0.2) is 0 Å². The molecule has 0 aliphatic carbocycles. The zero-order chi connectivity index (χ0) is 59.6. The Bertz CT molecular complexity index is 1960. The van der Waals surface area contributed by atoms with Gasteiger partial charge < -0.3 is 81.4 Å². The quantitative estimate of drug-likeness (QED) is 0.0307. The highest BCUT2D eigenvalue weighted by Crippen LogP contribution is 2.20. The fraction of sp³-hybridized carbons (Fsp3) is 0.792. The highest BCUT2D eigenvalue weighted by molar-refractivity contribution is 5.99. The smallest absolute Gasteiger partial charge is 0.245 e.